The molecule has 2 unspecified atom stereocenters. The number of carbonyl (C=O) groups excluding carboxylic acids is 2. The number of ether oxygens (including phenoxy) is 2. The van der Waals surface area contributed by atoms with Crippen LogP contribution in [0.25, 0.3) is 0 Å². The Balaban J connectivity index is 1.51. The minimum Gasteiger partial charge on any atom is -0.493 e. The molecule has 2 amide bonds. The van der Waals surface area contributed by atoms with E-state index in [9.17, 15) is 9.59 Å². The van der Waals surface area contributed by atoms with Crippen LogP contribution in [0.3, 0.4) is 0 Å². The van der Waals surface area contributed by atoms with Crippen molar-refractivity contribution in [1.82, 2.24) is 15.2 Å². The van der Waals surface area contributed by atoms with Gasteiger partial charge in [0.1, 0.15) is 0 Å². The third kappa shape index (κ3) is 4.98. The number of rotatable bonds is 7. The topological polar surface area (TPSA) is 80.8 Å². The minimum atomic E-state index is -0.258. The lowest BCUT2D eigenvalue weighted by atomic mass is 9.83. The highest BCUT2D eigenvalue weighted by Crippen LogP contribution is 2.38. The van der Waals surface area contributed by atoms with E-state index < -0.39 is 0 Å². The monoisotopic (exact) mass is 423 g/mol. The fraction of sp³-hybridized carbons (Fsp3) is 0.458. The van der Waals surface area contributed by atoms with Crippen molar-refractivity contribution in [1.29, 1.82) is 0 Å². The molecule has 1 N–H and O–H groups in total. The molecule has 0 spiro atoms. The zero-order valence-corrected chi connectivity index (χ0v) is 18.0. The van der Waals surface area contributed by atoms with Gasteiger partial charge in [-0.1, -0.05) is 12.1 Å². The summed E-state index contributed by atoms with van der Waals surface area (Å²) in [7, 11) is 3.22. The quantitative estimate of drug-likeness (QED) is 0.741. The zero-order chi connectivity index (χ0) is 21.8. The molecule has 0 bridgehead atoms. The van der Waals surface area contributed by atoms with Gasteiger partial charge in [-0.25, -0.2) is 0 Å². The fourth-order valence-corrected chi connectivity index (χ4v) is 4.24. The number of pyridine rings is 1. The summed E-state index contributed by atoms with van der Waals surface area (Å²) in [6, 6.07) is 9.63. The maximum Gasteiger partial charge on any atom is 0.225 e. The molecule has 1 saturated carbocycles. The molecular formula is C24H29N3O4. The highest BCUT2D eigenvalue weighted by molar-refractivity contribution is 5.83. The van der Waals surface area contributed by atoms with Gasteiger partial charge in [0.25, 0.3) is 0 Å². The van der Waals surface area contributed by atoms with Gasteiger partial charge in [-0.3, -0.25) is 14.6 Å². The normalized spacial score (nSPS) is 20.8. The Kier molecular flexibility index (Phi) is 6.39. The predicted octanol–water partition coefficient (Wildman–Crippen LogP) is 2.76. The summed E-state index contributed by atoms with van der Waals surface area (Å²) in [4.78, 5) is 31.8. The lowest BCUT2D eigenvalue weighted by Crippen LogP contribution is -2.48. The van der Waals surface area contributed by atoms with Gasteiger partial charge in [0.05, 0.1) is 20.1 Å². The number of piperidine rings is 1. The van der Waals surface area contributed by atoms with Crippen LogP contribution in [0.5, 0.6) is 11.5 Å². The summed E-state index contributed by atoms with van der Waals surface area (Å²) < 4.78 is 10.8. The van der Waals surface area contributed by atoms with Crippen LogP contribution in [0.1, 0.15) is 36.3 Å². The van der Waals surface area contributed by atoms with Gasteiger partial charge in [-0.15, -0.1) is 0 Å². The number of amides is 2. The van der Waals surface area contributed by atoms with Crippen molar-refractivity contribution in [3.63, 3.8) is 0 Å². The van der Waals surface area contributed by atoms with Crippen molar-refractivity contribution in [2.24, 2.45) is 11.8 Å². The summed E-state index contributed by atoms with van der Waals surface area (Å²) in [5.41, 5.74) is 2.00. The van der Waals surface area contributed by atoms with E-state index in [1.807, 2.05) is 35.2 Å². The van der Waals surface area contributed by atoms with Gasteiger partial charge in [0.2, 0.25) is 11.8 Å². The zero-order valence-electron chi connectivity index (χ0n) is 18.0. The van der Waals surface area contributed by atoms with Gasteiger partial charge >= 0.3 is 0 Å². The van der Waals surface area contributed by atoms with E-state index in [1.54, 1.807) is 26.6 Å². The van der Waals surface area contributed by atoms with Crippen LogP contribution in [0.4, 0.5) is 0 Å². The molecule has 2 aromatic rings. The Bertz CT molecular complexity index is 930. The summed E-state index contributed by atoms with van der Waals surface area (Å²) >= 11 is 0. The number of nitrogens with one attached hydrogen (secondary N) is 1. The Hall–Kier alpha value is -3.09. The molecule has 1 aliphatic carbocycles. The van der Waals surface area contributed by atoms with Crippen LogP contribution < -0.4 is 14.8 Å². The van der Waals surface area contributed by atoms with Gasteiger partial charge in [-0.05, 0) is 48.6 Å². The molecule has 1 aromatic carbocycles. The second-order valence-corrected chi connectivity index (χ2v) is 8.34. The maximum atomic E-state index is 13.0. The van der Waals surface area contributed by atoms with Crippen molar-refractivity contribution in [2.75, 3.05) is 27.3 Å². The first-order valence-corrected chi connectivity index (χ1v) is 10.8. The van der Waals surface area contributed by atoms with Gasteiger partial charge in [-0.2, -0.15) is 0 Å². The molecule has 1 aromatic heterocycles. The molecule has 2 heterocycles. The number of carbonyl (C=O) groups is 2. The molecule has 164 valence electrons. The van der Waals surface area contributed by atoms with E-state index in [1.165, 1.54) is 0 Å². The molecule has 4 rings (SSSR count). The lowest BCUT2D eigenvalue weighted by Gasteiger charge is -2.37. The van der Waals surface area contributed by atoms with Crippen molar-refractivity contribution in [3.05, 3.63) is 53.9 Å². The second-order valence-electron chi connectivity index (χ2n) is 8.34. The lowest BCUT2D eigenvalue weighted by molar-refractivity contribution is -0.137. The molecule has 0 radical (unpaired) electrons. The number of benzene rings is 1. The molecule has 7 nitrogen and oxygen atoms in total. The smallest absolute Gasteiger partial charge is 0.225 e. The van der Waals surface area contributed by atoms with Crippen molar-refractivity contribution >= 4 is 11.8 Å². The molecule has 31 heavy (non-hydrogen) atoms. The average molecular weight is 424 g/mol. The largest absolute Gasteiger partial charge is 0.493 e. The standard InChI is InChI=1S/C24H29N3O4/c1-30-21-8-7-18(11-22(21)31-2)19-10-20(15-27(14-19)24(29)17-5-6-17)23(28)26-13-16-4-3-9-25-12-16/h3-4,7-9,11-12,17,19-20H,5-6,10,13-15H2,1-2H3,(H,26,28). The first-order valence-electron chi connectivity index (χ1n) is 10.8. The summed E-state index contributed by atoms with van der Waals surface area (Å²) in [6.45, 7) is 1.52. The van der Waals surface area contributed by atoms with Gasteiger partial charge in [0.15, 0.2) is 11.5 Å². The molecule has 2 fully saturated rings. The number of nitrogens with zero attached hydrogens (tertiary/aromatic N) is 2. The fourth-order valence-electron chi connectivity index (χ4n) is 4.24. The summed E-state index contributed by atoms with van der Waals surface area (Å²) in [5, 5.41) is 3.02. The Labute approximate surface area is 182 Å². The van der Waals surface area contributed by atoms with Crippen LogP contribution in [-0.2, 0) is 16.1 Å². The van der Waals surface area contributed by atoms with E-state index in [4.69, 9.17) is 9.47 Å². The van der Waals surface area contributed by atoms with Crippen molar-refractivity contribution in [2.45, 2.75) is 31.7 Å². The van der Waals surface area contributed by atoms with Crippen LogP contribution in [0.15, 0.2) is 42.7 Å². The van der Waals surface area contributed by atoms with Gasteiger partial charge in [0, 0.05) is 43.9 Å². The Morgan fingerprint density at radius 1 is 1.10 bits per heavy atom. The van der Waals surface area contributed by atoms with E-state index >= 15 is 0 Å². The summed E-state index contributed by atoms with van der Waals surface area (Å²) in [5.74, 6) is 1.40. The number of hydrogen-bond donors (Lipinski definition) is 1. The molecule has 1 aliphatic heterocycles. The van der Waals surface area contributed by atoms with Crippen LogP contribution in [0.2, 0.25) is 0 Å². The maximum absolute atomic E-state index is 13.0. The second kappa shape index (κ2) is 9.37. The molecule has 1 saturated heterocycles. The van der Waals surface area contributed by atoms with Crippen molar-refractivity contribution < 1.29 is 19.1 Å². The van der Waals surface area contributed by atoms with E-state index in [2.05, 4.69) is 10.3 Å². The SMILES string of the molecule is COc1ccc(C2CC(C(=O)NCc3cccnc3)CN(C(=O)C3CC3)C2)cc1OC. The highest BCUT2D eigenvalue weighted by Gasteiger charge is 2.39. The van der Waals surface area contributed by atoms with Crippen LogP contribution >= 0.6 is 0 Å². The Morgan fingerprint density at radius 3 is 2.58 bits per heavy atom. The van der Waals surface area contributed by atoms with Gasteiger partial charge < -0.3 is 19.7 Å². The van der Waals surface area contributed by atoms with E-state index in [0.717, 1.165) is 24.0 Å². The van der Waals surface area contributed by atoms with Crippen molar-refractivity contribution in [3.8, 4) is 11.5 Å². The number of hydrogen-bond acceptors (Lipinski definition) is 5. The average Bonchev–Trinajstić information content (AvgIpc) is 3.67. The first kappa shape index (κ1) is 21.2. The molecule has 2 aliphatic rings. The first-order chi connectivity index (χ1) is 15.1. The number of aromatic nitrogens is 1. The molecular weight excluding hydrogens is 394 g/mol. The van der Waals surface area contributed by atoms with E-state index in [-0.39, 0.29) is 29.6 Å². The molecule has 7 heteroatoms. The van der Waals surface area contributed by atoms with E-state index in [0.29, 0.717) is 37.6 Å². The van der Waals surface area contributed by atoms with Crippen LogP contribution in [-0.4, -0.2) is 49.0 Å². The number of methoxy groups -OCH3 is 2. The highest BCUT2D eigenvalue weighted by atomic mass is 16.5. The molecule has 2 atom stereocenters. The summed E-state index contributed by atoms with van der Waals surface area (Å²) in [6.07, 6.45) is 6.04. The minimum absolute atomic E-state index is 0.0253. The third-order valence-electron chi connectivity index (χ3n) is 6.13. The number of likely N-dealkylation sites (tertiary alicyclic amines) is 1. The Morgan fingerprint density at radius 2 is 1.90 bits per heavy atom. The third-order valence-corrected chi connectivity index (χ3v) is 6.13. The predicted molar refractivity (Wildman–Crippen MR) is 116 cm³/mol. The van der Waals surface area contributed by atoms with Crippen LogP contribution in [0, 0.1) is 11.8 Å².